The molecule has 0 atom stereocenters. The fourth-order valence-electron chi connectivity index (χ4n) is 1.66. The first-order valence-corrected chi connectivity index (χ1v) is 6.63. The van der Waals surface area contributed by atoms with E-state index in [1.807, 2.05) is 0 Å². The quantitative estimate of drug-likeness (QED) is 0.734. The van der Waals surface area contributed by atoms with Crippen molar-refractivity contribution < 1.29 is 9.90 Å². The van der Waals surface area contributed by atoms with E-state index in [1.54, 1.807) is 18.2 Å². The summed E-state index contributed by atoms with van der Waals surface area (Å²) < 4.78 is 0. The summed E-state index contributed by atoms with van der Waals surface area (Å²) in [5.41, 5.74) is 0.551. The zero-order chi connectivity index (χ0) is 14.0. The summed E-state index contributed by atoms with van der Waals surface area (Å²) in [4.78, 5) is 11.8. The van der Waals surface area contributed by atoms with Gasteiger partial charge in [-0.3, -0.25) is 4.79 Å². The molecule has 0 saturated carbocycles. The minimum Gasteiger partial charge on any atom is -0.511 e. The molecule has 0 aliphatic carbocycles. The lowest BCUT2D eigenvalue weighted by Crippen LogP contribution is -2.36. The molecule has 100 valence electrons. The predicted octanol–water partition coefficient (Wildman–Crippen LogP) is 3.06. The van der Waals surface area contributed by atoms with Gasteiger partial charge in [-0.05, 0) is 12.1 Å². The normalized spacial score (nSPS) is 15.2. The monoisotopic (exact) mass is 316 g/mol. The Morgan fingerprint density at radius 2 is 2.16 bits per heavy atom. The second-order valence-corrected chi connectivity index (χ2v) is 5.08. The molecule has 1 aromatic rings. The Balaban J connectivity index is 2.26. The molecule has 1 heterocycles. The van der Waals surface area contributed by atoms with Crippen molar-refractivity contribution >= 4 is 52.0 Å². The molecule has 1 aliphatic heterocycles. The largest absolute Gasteiger partial charge is 0.511 e. The lowest BCUT2D eigenvalue weighted by Gasteiger charge is -2.18. The number of carbonyl (C=O) groups is 1. The fourth-order valence-corrected chi connectivity index (χ4v) is 2.33. The van der Waals surface area contributed by atoms with Crippen molar-refractivity contribution in [2.24, 2.45) is 0 Å². The summed E-state index contributed by atoms with van der Waals surface area (Å²) in [6.07, 6.45) is 0.353. The van der Waals surface area contributed by atoms with Crippen molar-refractivity contribution in [2.45, 2.75) is 6.42 Å². The molecule has 4 nitrogen and oxygen atoms in total. The van der Waals surface area contributed by atoms with Gasteiger partial charge in [-0.2, -0.15) is 0 Å². The molecule has 0 radical (unpaired) electrons. The standard InChI is InChI=1S/C12H10Cl2N2O2S/c13-6-2-1-3-7(10(6)14)16-12(19)9-8(17)4-5-15-11(9)18/h1-3,17H,4-5H2,(H,15,18)(H,16,19). The highest BCUT2D eigenvalue weighted by Crippen LogP contribution is 2.30. The number of halogens is 2. The SMILES string of the molecule is O=C1NCCC(O)=C1C(=S)Nc1cccc(Cl)c1Cl. The number of carbonyl (C=O) groups excluding carboxylic acids is 1. The van der Waals surface area contributed by atoms with E-state index in [4.69, 9.17) is 35.4 Å². The first-order valence-electron chi connectivity index (χ1n) is 5.46. The number of thiocarbonyl (C=S) groups is 1. The number of aliphatic hydroxyl groups is 1. The van der Waals surface area contributed by atoms with Gasteiger partial charge in [0, 0.05) is 13.0 Å². The Morgan fingerprint density at radius 1 is 1.42 bits per heavy atom. The van der Waals surface area contributed by atoms with Crippen LogP contribution >= 0.6 is 35.4 Å². The molecule has 2 rings (SSSR count). The third-order valence-electron chi connectivity index (χ3n) is 2.59. The zero-order valence-electron chi connectivity index (χ0n) is 9.67. The highest BCUT2D eigenvalue weighted by Gasteiger charge is 2.24. The average molecular weight is 317 g/mol. The van der Waals surface area contributed by atoms with Crippen LogP contribution in [0.25, 0.3) is 0 Å². The van der Waals surface area contributed by atoms with Gasteiger partial charge >= 0.3 is 0 Å². The van der Waals surface area contributed by atoms with Gasteiger partial charge in [0.25, 0.3) is 5.91 Å². The third kappa shape index (κ3) is 3.00. The number of anilines is 1. The van der Waals surface area contributed by atoms with Crippen LogP contribution in [0.1, 0.15) is 6.42 Å². The highest BCUT2D eigenvalue weighted by atomic mass is 35.5. The first kappa shape index (κ1) is 14.1. The molecule has 7 heteroatoms. The Labute approximate surface area is 125 Å². The minimum atomic E-state index is -0.403. The summed E-state index contributed by atoms with van der Waals surface area (Å²) >= 11 is 17.0. The number of aliphatic hydroxyl groups excluding tert-OH is 1. The Bertz CT molecular complexity index is 587. The lowest BCUT2D eigenvalue weighted by molar-refractivity contribution is -0.117. The Morgan fingerprint density at radius 3 is 2.84 bits per heavy atom. The first-order chi connectivity index (χ1) is 9.00. The molecule has 1 amide bonds. The topological polar surface area (TPSA) is 61.4 Å². The van der Waals surface area contributed by atoms with Gasteiger partial charge < -0.3 is 15.7 Å². The smallest absolute Gasteiger partial charge is 0.257 e. The number of hydrogen-bond donors (Lipinski definition) is 3. The van der Waals surface area contributed by atoms with E-state index in [1.165, 1.54) is 0 Å². The lowest BCUT2D eigenvalue weighted by atomic mass is 10.1. The van der Waals surface area contributed by atoms with Crippen molar-refractivity contribution in [3.05, 3.63) is 39.6 Å². The summed E-state index contributed by atoms with van der Waals surface area (Å²) in [7, 11) is 0. The van der Waals surface area contributed by atoms with E-state index >= 15 is 0 Å². The zero-order valence-corrected chi connectivity index (χ0v) is 12.0. The Hall–Kier alpha value is -1.30. The van der Waals surface area contributed by atoms with Crippen LogP contribution in [-0.2, 0) is 4.79 Å². The van der Waals surface area contributed by atoms with Crippen LogP contribution in [0.3, 0.4) is 0 Å². The van der Waals surface area contributed by atoms with E-state index in [2.05, 4.69) is 10.6 Å². The highest BCUT2D eigenvalue weighted by molar-refractivity contribution is 7.81. The maximum Gasteiger partial charge on any atom is 0.257 e. The second-order valence-electron chi connectivity index (χ2n) is 3.88. The van der Waals surface area contributed by atoms with Gasteiger partial charge in [0.05, 0.1) is 15.7 Å². The summed E-state index contributed by atoms with van der Waals surface area (Å²) in [5.74, 6) is -0.432. The van der Waals surface area contributed by atoms with Crippen molar-refractivity contribution in [1.82, 2.24) is 5.32 Å². The number of hydrogen-bond acceptors (Lipinski definition) is 3. The van der Waals surface area contributed by atoms with Crippen LogP contribution in [0, 0.1) is 0 Å². The molecule has 19 heavy (non-hydrogen) atoms. The van der Waals surface area contributed by atoms with Crippen molar-refractivity contribution in [1.29, 1.82) is 0 Å². The molecule has 1 aromatic carbocycles. The number of benzene rings is 1. The fraction of sp³-hybridized carbons (Fsp3) is 0.167. The Kier molecular flexibility index (Phi) is 4.29. The molecule has 3 N–H and O–H groups in total. The molecular formula is C12H10Cl2N2O2S. The van der Waals surface area contributed by atoms with E-state index in [-0.39, 0.29) is 16.3 Å². The van der Waals surface area contributed by atoms with Gasteiger partial charge in [-0.1, -0.05) is 41.5 Å². The predicted molar refractivity (Wildman–Crippen MR) is 80.0 cm³/mol. The van der Waals surface area contributed by atoms with Crippen LogP contribution in [0.2, 0.25) is 10.0 Å². The van der Waals surface area contributed by atoms with Crippen molar-refractivity contribution in [2.75, 3.05) is 11.9 Å². The van der Waals surface area contributed by atoms with Gasteiger partial charge in [0.15, 0.2) is 0 Å². The molecule has 0 unspecified atom stereocenters. The molecule has 0 spiro atoms. The summed E-state index contributed by atoms with van der Waals surface area (Å²) in [6.45, 7) is 0.398. The van der Waals surface area contributed by atoms with Gasteiger partial charge in [-0.15, -0.1) is 0 Å². The van der Waals surface area contributed by atoms with Crippen molar-refractivity contribution in [3.63, 3.8) is 0 Å². The molecule has 0 bridgehead atoms. The van der Waals surface area contributed by atoms with Gasteiger partial charge in [-0.25, -0.2) is 0 Å². The summed E-state index contributed by atoms with van der Waals surface area (Å²) in [6, 6.07) is 5.02. The molecule has 0 aromatic heterocycles. The summed E-state index contributed by atoms with van der Waals surface area (Å²) in [5, 5.41) is 15.9. The third-order valence-corrected chi connectivity index (χ3v) is 3.71. The maximum absolute atomic E-state index is 11.7. The molecule has 0 saturated heterocycles. The van der Waals surface area contributed by atoms with Crippen LogP contribution in [0.5, 0.6) is 0 Å². The minimum absolute atomic E-state index is 0.0283. The second kappa shape index (κ2) is 5.77. The molecule has 1 aliphatic rings. The van der Waals surface area contributed by atoms with E-state index in [0.29, 0.717) is 28.7 Å². The van der Waals surface area contributed by atoms with Crippen LogP contribution in [0.4, 0.5) is 5.69 Å². The maximum atomic E-state index is 11.7. The molecular weight excluding hydrogens is 307 g/mol. The van der Waals surface area contributed by atoms with E-state index < -0.39 is 5.91 Å². The average Bonchev–Trinajstić information content (AvgIpc) is 2.35. The van der Waals surface area contributed by atoms with Crippen LogP contribution in [-0.4, -0.2) is 22.5 Å². The van der Waals surface area contributed by atoms with Gasteiger partial charge in [0.2, 0.25) is 0 Å². The van der Waals surface area contributed by atoms with Crippen molar-refractivity contribution in [3.8, 4) is 0 Å². The van der Waals surface area contributed by atoms with E-state index in [9.17, 15) is 9.90 Å². The van der Waals surface area contributed by atoms with Gasteiger partial charge in [0.1, 0.15) is 16.3 Å². The number of rotatable bonds is 2. The molecule has 0 fully saturated rings. The van der Waals surface area contributed by atoms with E-state index in [0.717, 1.165) is 0 Å². The van der Waals surface area contributed by atoms with Crippen LogP contribution < -0.4 is 10.6 Å². The number of nitrogens with one attached hydrogen (secondary N) is 2. The number of amides is 1. The van der Waals surface area contributed by atoms with Crippen LogP contribution in [0.15, 0.2) is 29.5 Å².